The highest BCUT2D eigenvalue weighted by molar-refractivity contribution is 7.99. The Labute approximate surface area is 109 Å². The Morgan fingerprint density at radius 2 is 2.00 bits per heavy atom. The number of thioether (sulfide) groups is 1. The van der Waals surface area contributed by atoms with Crippen molar-refractivity contribution in [3.63, 3.8) is 0 Å². The fourth-order valence-corrected chi connectivity index (χ4v) is 2.57. The molecule has 1 rings (SSSR count). The summed E-state index contributed by atoms with van der Waals surface area (Å²) in [5.74, 6) is 3.39. The van der Waals surface area contributed by atoms with Gasteiger partial charge in [-0.05, 0) is 19.1 Å². The van der Waals surface area contributed by atoms with Gasteiger partial charge in [-0.1, -0.05) is 27.2 Å². The summed E-state index contributed by atoms with van der Waals surface area (Å²) < 4.78 is 0. The second-order valence-corrected chi connectivity index (χ2v) is 5.55. The van der Waals surface area contributed by atoms with Crippen LogP contribution in [-0.4, -0.2) is 22.8 Å². The Morgan fingerprint density at radius 3 is 2.53 bits per heavy atom. The molecule has 0 aliphatic carbocycles. The van der Waals surface area contributed by atoms with E-state index in [9.17, 15) is 0 Å². The van der Waals surface area contributed by atoms with Crippen molar-refractivity contribution in [3.8, 4) is 0 Å². The lowest BCUT2D eigenvalue weighted by Gasteiger charge is -2.13. The van der Waals surface area contributed by atoms with E-state index in [0.29, 0.717) is 5.92 Å². The monoisotopic (exact) mass is 253 g/mol. The first-order valence-corrected chi connectivity index (χ1v) is 7.27. The first kappa shape index (κ1) is 14.3. The average molecular weight is 253 g/mol. The van der Waals surface area contributed by atoms with E-state index >= 15 is 0 Å². The van der Waals surface area contributed by atoms with Gasteiger partial charge in [-0.2, -0.15) is 0 Å². The van der Waals surface area contributed by atoms with Crippen LogP contribution in [0, 0.1) is 6.92 Å². The molecule has 0 bridgehead atoms. The molecule has 0 amide bonds. The summed E-state index contributed by atoms with van der Waals surface area (Å²) in [6.07, 6.45) is 2.47. The van der Waals surface area contributed by atoms with Crippen molar-refractivity contribution in [2.75, 3.05) is 18.1 Å². The predicted octanol–water partition coefficient (Wildman–Crippen LogP) is 3.84. The normalized spacial score (nSPS) is 10.9. The van der Waals surface area contributed by atoms with E-state index in [-0.39, 0.29) is 0 Å². The number of hydrogen-bond acceptors (Lipinski definition) is 4. The molecular weight excluding hydrogens is 230 g/mol. The van der Waals surface area contributed by atoms with Crippen LogP contribution in [0.4, 0.5) is 5.82 Å². The van der Waals surface area contributed by atoms with Crippen molar-refractivity contribution in [2.24, 2.45) is 0 Å². The second kappa shape index (κ2) is 6.84. The summed E-state index contributed by atoms with van der Waals surface area (Å²) >= 11 is 1.84. The largest absolute Gasteiger partial charge is 0.373 e. The van der Waals surface area contributed by atoms with Crippen molar-refractivity contribution in [3.05, 3.63) is 11.4 Å². The van der Waals surface area contributed by atoms with Gasteiger partial charge in [-0.25, -0.2) is 9.97 Å². The van der Waals surface area contributed by atoms with Crippen molar-refractivity contribution in [1.82, 2.24) is 9.97 Å². The molecule has 0 saturated heterocycles. The lowest BCUT2D eigenvalue weighted by atomic mass is 10.2. The third kappa shape index (κ3) is 3.87. The first-order valence-electron chi connectivity index (χ1n) is 6.29. The maximum Gasteiger partial charge on any atom is 0.134 e. The van der Waals surface area contributed by atoms with Crippen LogP contribution >= 0.6 is 11.8 Å². The zero-order valence-corrected chi connectivity index (χ0v) is 12.3. The van der Waals surface area contributed by atoms with E-state index in [1.54, 1.807) is 0 Å². The smallest absolute Gasteiger partial charge is 0.134 e. The molecule has 0 atom stereocenters. The van der Waals surface area contributed by atoms with Gasteiger partial charge in [0.2, 0.25) is 0 Å². The summed E-state index contributed by atoms with van der Waals surface area (Å²) in [5.41, 5.74) is 1.16. The van der Waals surface area contributed by atoms with E-state index < -0.39 is 0 Å². The van der Waals surface area contributed by atoms with Gasteiger partial charge in [0.25, 0.3) is 0 Å². The Kier molecular flexibility index (Phi) is 5.75. The van der Waals surface area contributed by atoms with E-state index in [0.717, 1.165) is 28.0 Å². The van der Waals surface area contributed by atoms with Crippen molar-refractivity contribution in [1.29, 1.82) is 0 Å². The van der Waals surface area contributed by atoms with Gasteiger partial charge in [0, 0.05) is 18.5 Å². The van der Waals surface area contributed by atoms with Gasteiger partial charge in [0.05, 0.1) is 0 Å². The number of hydrogen-bond donors (Lipinski definition) is 1. The Morgan fingerprint density at radius 1 is 1.29 bits per heavy atom. The molecule has 0 radical (unpaired) electrons. The zero-order valence-electron chi connectivity index (χ0n) is 11.5. The van der Waals surface area contributed by atoms with Gasteiger partial charge >= 0.3 is 0 Å². The molecule has 0 spiro atoms. The van der Waals surface area contributed by atoms with E-state index in [1.165, 1.54) is 12.8 Å². The maximum atomic E-state index is 4.66. The topological polar surface area (TPSA) is 37.8 Å². The molecule has 96 valence electrons. The van der Waals surface area contributed by atoms with Gasteiger partial charge in [0.1, 0.15) is 16.7 Å². The number of unbranched alkanes of at least 4 members (excludes halogenated alkanes) is 1. The molecule has 0 unspecified atom stereocenters. The highest BCUT2D eigenvalue weighted by Crippen LogP contribution is 2.27. The summed E-state index contributed by atoms with van der Waals surface area (Å²) in [6.45, 7) is 8.56. The zero-order chi connectivity index (χ0) is 12.8. The standard InChI is InChI=1S/C13H23N3S/c1-6-7-8-17-13-10(4)12(14-5)15-11(16-13)9(2)3/h9H,6-8H2,1-5H3,(H,14,15,16). The Hall–Kier alpha value is -0.770. The van der Waals surface area contributed by atoms with Crippen molar-refractivity contribution >= 4 is 17.6 Å². The van der Waals surface area contributed by atoms with Crippen LogP contribution in [0.2, 0.25) is 0 Å². The number of nitrogens with zero attached hydrogens (tertiary/aromatic N) is 2. The van der Waals surface area contributed by atoms with Crippen LogP contribution in [0.5, 0.6) is 0 Å². The second-order valence-electron chi connectivity index (χ2n) is 4.47. The molecule has 1 aromatic heterocycles. The van der Waals surface area contributed by atoms with E-state index in [2.05, 4.69) is 43.0 Å². The summed E-state index contributed by atoms with van der Waals surface area (Å²) in [4.78, 5) is 9.21. The number of aromatic nitrogens is 2. The minimum atomic E-state index is 0.369. The van der Waals surface area contributed by atoms with Crippen LogP contribution in [0.1, 0.15) is 50.9 Å². The van der Waals surface area contributed by atoms with Crippen LogP contribution in [0.15, 0.2) is 5.03 Å². The molecule has 1 N–H and O–H groups in total. The van der Waals surface area contributed by atoms with Crippen molar-refractivity contribution < 1.29 is 0 Å². The van der Waals surface area contributed by atoms with Gasteiger partial charge in [-0.3, -0.25) is 0 Å². The molecule has 0 saturated carbocycles. The number of rotatable bonds is 6. The van der Waals surface area contributed by atoms with E-state index in [4.69, 9.17) is 0 Å². The SMILES string of the molecule is CCCCSc1nc(C(C)C)nc(NC)c1C. The third-order valence-electron chi connectivity index (χ3n) is 2.61. The van der Waals surface area contributed by atoms with Crippen LogP contribution in [0.25, 0.3) is 0 Å². The van der Waals surface area contributed by atoms with E-state index in [1.807, 2.05) is 18.8 Å². The molecule has 17 heavy (non-hydrogen) atoms. The highest BCUT2D eigenvalue weighted by Gasteiger charge is 2.12. The third-order valence-corrected chi connectivity index (χ3v) is 3.77. The number of anilines is 1. The Balaban J connectivity index is 2.96. The first-order chi connectivity index (χ1) is 8.10. The number of nitrogens with one attached hydrogen (secondary N) is 1. The highest BCUT2D eigenvalue weighted by atomic mass is 32.2. The average Bonchev–Trinajstić information content (AvgIpc) is 2.31. The minimum absolute atomic E-state index is 0.369. The summed E-state index contributed by atoms with van der Waals surface area (Å²) in [5, 5.41) is 4.28. The fourth-order valence-electron chi connectivity index (χ4n) is 1.47. The lowest BCUT2D eigenvalue weighted by molar-refractivity contribution is 0.749. The molecule has 3 nitrogen and oxygen atoms in total. The van der Waals surface area contributed by atoms with Crippen LogP contribution in [0.3, 0.4) is 0 Å². The Bertz CT molecular complexity index is 364. The molecule has 1 aromatic rings. The van der Waals surface area contributed by atoms with Gasteiger partial charge in [0.15, 0.2) is 0 Å². The van der Waals surface area contributed by atoms with Crippen LogP contribution in [-0.2, 0) is 0 Å². The minimum Gasteiger partial charge on any atom is -0.373 e. The van der Waals surface area contributed by atoms with Gasteiger partial charge in [-0.15, -0.1) is 11.8 Å². The molecule has 0 aromatic carbocycles. The van der Waals surface area contributed by atoms with Crippen LogP contribution < -0.4 is 5.32 Å². The van der Waals surface area contributed by atoms with Crippen molar-refractivity contribution in [2.45, 2.75) is 51.5 Å². The predicted molar refractivity (Wildman–Crippen MR) is 76.0 cm³/mol. The van der Waals surface area contributed by atoms with Gasteiger partial charge < -0.3 is 5.32 Å². The summed E-state index contributed by atoms with van der Waals surface area (Å²) in [6, 6.07) is 0. The molecule has 0 aliphatic heterocycles. The lowest BCUT2D eigenvalue weighted by Crippen LogP contribution is -2.06. The molecule has 0 aliphatic rings. The summed E-state index contributed by atoms with van der Waals surface area (Å²) in [7, 11) is 1.92. The molecule has 0 fully saturated rings. The molecular formula is C13H23N3S. The molecule has 4 heteroatoms. The quantitative estimate of drug-likeness (QED) is 0.475. The maximum absolute atomic E-state index is 4.66. The fraction of sp³-hybridized carbons (Fsp3) is 0.692. The molecule has 1 heterocycles.